The Morgan fingerprint density at radius 3 is 2.55 bits per heavy atom. The molecule has 1 aromatic rings. The molecule has 1 heterocycles. The van der Waals surface area contributed by atoms with Crippen molar-refractivity contribution < 1.29 is 13.2 Å². The summed E-state index contributed by atoms with van der Waals surface area (Å²) in [5.41, 5.74) is -0.342. The molecule has 0 spiro atoms. The molecule has 4 nitrogen and oxygen atoms in total. The first-order valence-corrected chi connectivity index (χ1v) is 9.90. The fourth-order valence-electron chi connectivity index (χ4n) is 3.40. The highest BCUT2D eigenvalue weighted by molar-refractivity contribution is 14.0. The number of likely N-dealkylation sites (tertiary alicyclic amines) is 1. The molecule has 0 atom stereocenters. The van der Waals surface area contributed by atoms with Gasteiger partial charge in [-0.3, -0.25) is 0 Å². The summed E-state index contributed by atoms with van der Waals surface area (Å²) in [6, 6.07) is 6.26. The Morgan fingerprint density at radius 2 is 1.93 bits per heavy atom. The summed E-state index contributed by atoms with van der Waals surface area (Å²) in [7, 11) is 0. The van der Waals surface area contributed by atoms with Crippen LogP contribution in [0.25, 0.3) is 0 Å². The van der Waals surface area contributed by atoms with E-state index in [0.29, 0.717) is 17.6 Å². The van der Waals surface area contributed by atoms with Gasteiger partial charge in [0.15, 0.2) is 5.96 Å². The molecular formula is C21H28F3IN4. The second kappa shape index (κ2) is 11.1. The number of piperidine rings is 1. The molecule has 2 N–H and O–H groups in total. The van der Waals surface area contributed by atoms with E-state index in [1.54, 1.807) is 6.07 Å². The van der Waals surface area contributed by atoms with Gasteiger partial charge in [0.25, 0.3) is 0 Å². The lowest BCUT2D eigenvalue weighted by molar-refractivity contribution is -0.137. The lowest BCUT2D eigenvalue weighted by Crippen LogP contribution is -2.49. The van der Waals surface area contributed by atoms with Gasteiger partial charge >= 0.3 is 6.18 Å². The molecule has 160 valence electrons. The van der Waals surface area contributed by atoms with Gasteiger partial charge in [-0.15, -0.1) is 24.0 Å². The summed E-state index contributed by atoms with van der Waals surface area (Å²) in [4.78, 5) is 7.02. The molecule has 2 fully saturated rings. The molecule has 0 unspecified atom stereocenters. The minimum absolute atomic E-state index is 0. The van der Waals surface area contributed by atoms with Gasteiger partial charge in [-0.1, -0.05) is 17.9 Å². The minimum atomic E-state index is -4.35. The van der Waals surface area contributed by atoms with Crippen LogP contribution in [0, 0.1) is 11.8 Å². The number of hydrogen-bond donors (Lipinski definition) is 2. The first kappa shape index (κ1) is 23.8. The van der Waals surface area contributed by atoms with E-state index < -0.39 is 11.7 Å². The Hall–Kier alpha value is -1.47. The molecule has 1 aliphatic carbocycles. The Morgan fingerprint density at radius 1 is 1.21 bits per heavy atom. The second-order valence-corrected chi connectivity index (χ2v) is 7.26. The fourth-order valence-corrected chi connectivity index (χ4v) is 3.40. The number of benzene rings is 1. The third-order valence-electron chi connectivity index (χ3n) is 5.02. The third kappa shape index (κ3) is 7.70. The molecule has 0 aromatic heterocycles. The average molecular weight is 520 g/mol. The lowest BCUT2D eigenvalue weighted by atomic mass is 10.1. The molecule has 0 bridgehead atoms. The van der Waals surface area contributed by atoms with Crippen molar-refractivity contribution in [2.24, 2.45) is 4.99 Å². The summed E-state index contributed by atoms with van der Waals surface area (Å²) in [5, 5.41) is 6.67. The zero-order chi connectivity index (χ0) is 20.0. The van der Waals surface area contributed by atoms with Crippen molar-refractivity contribution in [3.8, 4) is 11.8 Å². The first-order chi connectivity index (χ1) is 13.5. The van der Waals surface area contributed by atoms with E-state index in [9.17, 15) is 13.2 Å². The number of guanidine groups is 1. The summed E-state index contributed by atoms with van der Waals surface area (Å²) in [6.07, 6.45) is 0.514. The average Bonchev–Trinajstić information content (AvgIpc) is 3.51. The maximum atomic E-state index is 12.8. The minimum Gasteiger partial charge on any atom is -0.357 e. The Labute approximate surface area is 187 Å². The molecule has 29 heavy (non-hydrogen) atoms. The van der Waals surface area contributed by atoms with Gasteiger partial charge in [0.05, 0.1) is 5.56 Å². The van der Waals surface area contributed by atoms with Crippen molar-refractivity contribution in [1.82, 2.24) is 15.5 Å². The molecule has 1 aliphatic heterocycles. The quantitative estimate of drug-likeness (QED) is 0.274. The monoisotopic (exact) mass is 520 g/mol. The van der Waals surface area contributed by atoms with Crippen molar-refractivity contribution in [2.45, 2.75) is 50.9 Å². The van der Waals surface area contributed by atoms with Crippen LogP contribution in [0.1, 0.15) is 43.7 Å². The highest BCUT2D eigenvalue weighted by Crippen LogP contribution is 2.30. The summed E-state index contributed by atoms with van der Waals surface area (Å²) < 4.78 is 38.3. The zero-order valence-electron chi connectivity index (χ0n) is 16.6. The number of rotatable bonds is 4. The van der Waals surface area contributed by atoms with Crippen molar-refractivity contribution in [2.75, 3.05) is 26.2 Å². The van der Waals surface area contributed by atoms with E-state index in [4.69, 9.17) is 0 Å². The van der Waals surface area contributed by atoms with E-state index in [0.717, 1.165) is 50.7 Å². The van der Waals surface area contributed by atoms with Gasteiger partial charge in [-0.25, -0.2) is 4.99 Å². The maximum Gasteiger partial charge on any atom is 0.416 e. The van der Waals surface area contributed by atoms with Crippen molar-refractivity contribution in [3.63, 3.8) is 0 Å². The second-order valence-electron chi connectivity index (χ2n) is 7.26. The van der Waals surface area contributed by atoms with Crippen LogP contribution in [-0.4, -0.2) is 49.1 Å². The standard InChI is InChI=1S/C21H27F3N4.HI/c1-2-25-20(27-18-10-13-28(14-11-18)19-8-9-19)26-12-4-6-16-5-3-7-17(15-16)21(22,23)24;/h3,5,7,15,18-19H,2,8-14H2,1H3,(H2,25,26,27);1H. The zero-order valence-corrected chi connectivity index (χ0v) is 18.9. The fraction of sp³-hybridized carbons (Fsp3) is 0.571. The molecule has 1 saturated carbocycles. The van der Waals surface area contributed by atoms with Crippen molar-refractivity contribution in [1.29, 1.82) is 0 Å². The summed E-state index contributed by atoms with van der Waals surface area (Å²) in [5.74, 6) is 6.32. The largest absolute Gasteiger partial charge is 0.416 e. The number of nitrogens with zero attached hydrogens (tertiary/aromatic N) is 2. The third-order valence-corrected chi connectivity index (χ3v) is 5.02. The molecule has 1 aromatic carbocycles. The molecule has 2 aliphatic rings. The maximum absolute atomic E-state index is 12.8. The van der Waals surface area contributed by atoms with Crippen LogP contribution in [-0.2, 0) is 6.18 Å². The topological polar surface area (TPSA) is 39.7 Å². The van der Waals surface area contributed by atoms with E-state index in [1.165, 1.54) is 18.9 Å². The molecule has 0 amide bonds. The van der Waals surface area contributed by atoms with Gasteiger partial charge in [0.2, 0.25) is 0 Å². The number of hydrogen-bond acceptors (Lipinski definition) is 2. The Balaban J connectivity index is 0.00000300. The van der Waals surface area contributed by atoms with E-state index in [1.807, 2.05) is 6.92 Å². The SMILES string of the molecule is CCNC(=NCC#Cc1cccc(C(F)(F)F)c1)NC1CCN(C2CC2)CC1.I. The summed E-state index contributed by atoms with van der Waals surface area (Å²) >= 11 is 0. The number of alkyl halides is 3. The summed E-state index contributed by atoms with van der Waals surface area (Å²) in [6.45, 7) is 5.22. The number of halogens is 4. The molecule has 3 rings (SSSR count). The normalized spacial score (nSPS) is 18.4. The van der Waals surface area contributed by atoms with Crippen molar-refractivity contribution in [3.05, 3.63) is 35.4 Å². The van der Waals surface area contributed by atoms with Crippen LogP contribution in [0.15, 0.2) is 29.3 Å². The van der Waals surface area contributed by atoms with Crippen LogP contribution in [0.4, 0.5) is 13.2 Å². The van der Waals surface area contributed by atoms with Crippen LogP contribution in [0.3, 0.4) is 0 Å². The molecular weight excluding hydrogens is 492 g/mol. The van der Waals surface area contributed by atoms with Crippen LogP contribution < -0.4 is 10.6 Å². The van der Waals surface area contributed by atoms with Gasteiger partial charge in [0, 0.05) is 37.3 Å². The van der Waals surface area contributed by atoms with Gasteiger partial charge in [-0.2, -0.15) is 13.2 Å². The van der Waals surface area contributed by atoms with Gasteiger partial charge < -0.3 is 15.5 Å². The molecule has 1 saturated heterocycles. The lowest BCUT2D eigenvalue weighted by Gasteiger charge is -2.33. The van der Waals surface area contributed by atoms with Crippen LogP contribution in [0.5, 0.6) is 0 Å². The van der Waals surface area contributed by atoms with Crippen molar-refractivity contribution >= 4 is 29.9 Å². The predicted octanol–water partition coefficient (Wildman–Crippen LogP) is 3.86. The van der Waals surface area contributed by atoms with E-state index in [-0.39, 0.29) is 30.5 Å². The smallest absolute Gasteiger partial charge is 0.357 e. The number of nitrogens with one attached hydrogen (secondary N) is 2. The van der Waals surface area contributed by atoms with Crippen LogP contribution in [0.2, 0.25) is 0 Å². The van der Waals surface area contributed by atoms with Crippen LogP contribution >= 0.6 is 24.0 Å². The first-order valence-electron chi connectivity index (χ1n) is 9.90. The van der Waals surface area contributed by atoms with Gasteiger partial charge in [-0.05, 0) is 50.8 Å². The predicted molar refractivity (Wildman–Crippen MR) is 120 cm³/mol. The number of aliphatic imine (C=N–C) groups is 1. The molecule has 0 radical (unpaired) electrons. The van der Waals surface area contributed by atoms with E-state index >= 15 is 0 Å². The highest BCUT2D eigenvalue weighted by Gasteiger charge is 2.32. The Bertz CT molecular complexity index is 742. The molecule has 8 heteroatoms. The van der Waals surface area contributed by atoms with E-state index in [2.05, 4.69) is 32.4 Å². The highest BCUT2D eigenvalue weighted by atomic mass is 127. The Kier molecular flexibility index (Phi) is 9.08. The van der Waals surface area contributed by atoms with Gasteiger partial charge in [0.1, 0.15) is 6.54 Å².